The van der Waals surface area contributed by atoms with Gasteiger partial charge in [-0.15, -0.1) is 0 Å². The lowest BCUT2D eigenvalue weighted by Gasteiger charge is -2.34. The number of carbonyl (C=O) groups is 1. The molecule has 1 aromatic heterocycles. The number of rotatable bonds is 6. The zero-order valence-electron chi connectivity index (χ0n) is 12.0. The van der Waals surface area contributed by atoms with E-state index in [0.717, 1.165) is 30.2 Å². The van der Waals surface area contributed by atoms with Crippen molar-refractivity contribution < 1.29 is 14.3 Å². The van der Waals surface area contributed by atoms with Gasteiger partial charge in [-0.05, 0) is 28.8 Å². The number of Topliss-reactive ketones (excluding diaryl/α,β-unsaturated/α-hetero) is 1. The molecular weight excluding hydrogens is 324 g/mol. The molecule has 1 aliphatic carbocycles. The van der Waals surface area contributed by atoms with Crippen LogP contribution in [0.4, 0.5) is 0 Å². The zero-order chi connectivity index (χ0) is 14.6. The van der Waals surface area contributed by atoms with E-state index in [1.165, 1.54) is 6.42 Å². The predicted octanol–water partition coefficient (Wildman–Crippen LogP) is 2.82. The molecule has 0 amide bonds. The van der Waals surface area contributed by atoms with Gasteiger partial charge in [0.25, 0.3) is 0 Å². The largest absolute Gasteiger partial charge is 0.383 e. The Hall–Kier alpha value is -0.720. The topological polar surface area (TPSA) is 53.4 Å². The second-order valence-corrected chi connectivity index (χ2v) is 6.00. The average Bonchev–Trinajstić information content (AvgIpc) is 2.85. The highest BCUT2D eigenvalue weighted by Gasteiger charge is 2.42. The third kappa shape index (κ3) is 2.97. The van der Waals surface area contributed by atoms with Crippen molar-refractivity contribution >= 4 is 21.7 Å². The summed E-state index contributed by atoms with van der Waals surface area (Å²) in [5, 5.41) is 4.25. The molecule has 1 heterocycles. The zero-order valence-corrected chi connectivity index (χ0v) is 13.6. The molecule has 20 heavy (non-hydrogen) atoms. The summed E-state index contributed by atoms with van der Waals surface area (Å²) in [6.45, 7) is 1.08. The minimum atomic E-state index is -0.689. The summed E-state index contributed by atoms with van der Waals surface area (Å²) in [6.07, 6.45) is 6.46. The molecule has 0 aliphatic heterocycles. The van der Waals surface area contributed by atoms with Crippen LogP contribution in [0.15, 0.2) is 10.7 Å². The molecule has 1 aromatic rings. The van der Waals surface area contributed by atoms with Crippen LogP contribution in [0.25, 0.3) is 0 Å². The number of halogens is 1. The van der Waals surface area contributed by atoms with Gasteiger partial charge in [0.05, 0.1) is 23.8 Å². The summed E-state index contributed by atoms with van der Waals surface area (Å²) in [5.74, 6) is 0.0279. The van der Waals surface area contributed by atoms with Crippen molar-refractivity contribution in [1.29, 1.82) is 0 Å². The molecule has 2 rings (SSSR count). The van der Waals surface area contributed by atoms with Crippen LogP contribution in [-0.4, -0.2) is 42.0 Å². The van der Waals surface area contributed by atoms with Gasteiger partial charge >= 0.3 is 0 Å². The summed E-state index contributed by atoms with van der Waals surface area (Å²) in [7, 11) is 3.27. The monoisotopic (exact) mass is 344 g/mol. The quantitative estimate of drug-likeness (QED) is 0.744. The summed E-state index contributed by atoms with van der Waals surface area (Å²) >= 11 is 3.43. The number of ketones is 1. The Morgan fingerprint density at radius 1 is 1.40 bits per heavy atom. The Kier molecular flexibility index (Phi) is 5.35. The van der Waals surface area contributed by atoms with Gasteiger partial charge < -0.3 is 9.47 Å². The van der Waals surface area contributed by atoms with E-state index in [-0.39, 0.29) is 5.78 Å². The Labute approximate surface area is 127 Å². The van der Waals surface area contributed by atoms with Gasteiger partial charge in [0.1, 0.15) is 11.3 Å². The van der Waals surface area contributed by atoms with Crippen LogP contribution in [0.5, 0.6) is 0 Å². The molecule has 1 fully saturated rings. The van der Waals surface area contributed by atoms with Crippen LogP contribution in [0.3, 0.4) is 0 Å². The molecule has 1 aliphatic rings. The third-order valence-corrected chi connectivity index (χ3v) is 4.56. The number of aromatic nitrogens is 2. The minimum absolute atomic E-state index is 0.0279. The van der Waals surface area contributed by atoms with Crippen molar-refractivity contribution in [3.05, 3.63) is 16.4 Å². The molecular formula is C14H21BrN2O3. The van der Waals surface area contributed by atoms with E-state index >= 15 is 0 Å². The number of carbonyl (C=O) groups excluding carboxylic acids is 1. The van der Waals surface area contributed by atoms with Crippen LogP contribution >= 0.6 is 15.9 Å². The van der Waals surface area contributed by atoms with Crippen LogP contribution in [0.2, 0.25) is 0 Å². The second-order valence-electron chi connectivity index (χ2n) is 5.15. The molecule has 1 saturated carbocycles. The first-order chi connectivity index (χ1) is 9.64. The lowest BCUT2D eigenvalue weighted by Crippen LogP contribution is -2.43. The Balaban J connectivity index is 2.29. The van der Waals surface area contributed by atoms with Gasteiger partial charge in [0.2, 0.25) is 5.78 Å². The fourth-order valence-electron chi connectivity index (χ4n) is 2.80. The van der Waals surface area contributed by atoms with E-state index in [4.69, 9.17) is 9.47 Å². The number of nitrogens with zero attached hydrogens (tertiary/aromatic N) is 2. The molecule has 5 nitrogen and oxygen atoms in total. The molecule has 0 spiro atoms. The number of methoxy groups -OCH3 is 2. The molecule has 0 unspecified atom stereocenters. The highest BCUT2D eigenvalue weighted by Crippen LogP contribution is 2.35. The maximum atomic E-state index is 13.0. The summed E-state index contributed by atoms with van der Waals surface area (Å²) in [4.78, 5) is 13.0. The number of hydrogen-bond donors (Lipinski definition) is 0. The van der Waals surface area contributed by atoms with Crippen LogP contribution in [0, 0.1) is 0 Å². The first-order valence-corrected chi connectivity index (χ1v) is 7.74. The van der Waals surface area contributed by atoms with Gasteiger partial charge in [0.15, 0.2) is 0 Å². The summed E-state index contributed by atoms with van der Waals surface area (Å²) < 4.78 is 13.1. The van der Waals surface area contributed by atoms with Gasteiger partial charge in [-0.2, -0.15) is 5.10 Å². The average molecular weight is 345 g/mol. The van der Waals surface area contributed by atoms with Crippen molar-refractivity contribution in [3.8, 4) is 0 Å². The lowest BCUT2D eigenvalue weighted by atomic mass is 9.80. The molecule has 6 heteroatoms. The standard InChI is InChI=1S/C14H21BrN2O3/c1-19-9-8-17-12(11(15)10-16-17)13(18)14(20-2)6-4-3-5-7-14/h10H,3-9H2,1-2H3. The van der Waals surface area contributed by atoms with E-state index in [2.05, 4.69) is 21.0 Å². The Bertz CT molecular complexity index is 467. The van der Waals surface area contributed by atoms with Gasteiger partial charge in [0, 0.05) is 14.2 Å². The van der Waals surface area contributed by atoms with Gasteiger partial charge in [-0.25, -0.2) is 0 Å². The van der Waals surface area contributed by atoms with Gasteiger partial charge in [-0.3, -0.25) is 9.48 Å². The molecule has 0 bridgehead atoms. The normalized spacial score (nSPS) is 18.1. The number of hydrogen-bond acceptors (Lipinski definition) is 4. The predicted molar refractivity (Wildman–Crippen MR) is 79.0 cm³/mol. The smallest absolute Gasteiger partial charge is 0.213 e. The fraction of sp³-hybridized carbons (Fsp3) is 0.714. The summed E-state index contributed by atoms with van der Waals surface area (Å²) in [6, 6.07) is 0. The fourth-order valence-corrected chi connectivity index (χ4v) is 3.27. The van der Waals surface area contributed by atoms with E-state index < -0.39 is 5.60 Å². The maximum Gasteiger partial charge on any atom is 0.213 e. The first-order valence-electron chi connectivity index (χ1n) is 6.95. The Morgan fingerprint density at radius 3 is 2.70 bits per heavy atom. The van der Waals surface area contributed by atoms with Crippen LogP contribution in [-0.2, 0) is 16.0 Å². The lowest BCUT2D eigenvalue weighted by molar-refractivity contribution is -0.0202. The van der Waals surface area contributed by atoms with Crippen LogP contribution in [0.1, 0.15) is 42.6 Å². The van der Waals surface area contributed by atoms with E-state index in [1.807, 2.05) is 0 Å². The molecule has 0 atom stereocenters. The minimum Gasteiger partial charge on any atom is -0.383 e. The Morgan fingerprint density at radius 2 is 2.10 bits per heavy atom. The van der Waals surface area contributed by atoms with E-state index in [1.54, 1.807) is 25.1 Å². The molecule has 0 N–H and O–H groups in total. The third-order valence-electron chi connectivity index (χ3n) is 3.98. The van der Waals surface area contributed by atoms with Crippen molar-refractivity contribution in [1.82, 2.24) is 9.78 Å². The molecule has 0 saturated heterocycles. The van der Waals surface area contributed by atoms with Crippen molar-refractivity contribution in [3.63, 3.8) is 0 Å². The number of ether oxygens (including phenoxy) is 2. The second kappa shape index (κ2) is 6.83. The van der Waals surface area contributed by atoms with Gasteiger partial charge in [-0.1, -0.05) is 19.3 Å². The first kappa shape index (κ1) is 15.7. The summed E-state index contributed by atoms with van der Waals surface area (Å²) in [5.41, 5.74) is -0.100. The highest BCUT2D eigenvalue weighted by molar-refractivity contribution is 9.10. The van der Waals surface area contributed by atoms with E-state index in [9.17, 15) is 4.79 Å². The van der Waals surface area contributed by atoms with Crippen molar-refractivity contribution in [2.75, 3.05) is 20.8 Å². The SMILES string of the molecule is COCCn1ncc(Br)c1C(=O)C1(OC)CCCCC1. The molecule has 0 radical (unpaired) electrons. The molecule has 0 aromatic carbocycles. The maximum absolute atomic E-state index is 13.0. The molecule has 112 valence electrons. The van der Waals surface area contributed by atoms with Crippen molar-refractivity contribution in [2.45, 2.75) is 44.2 Å². The van der Waals surface area contributed by atoms with Crippen LogP contribution < -0.4 is 0 Å². The van der Waals surface area contributed by atoms with Crippen molar-refractivity contribution in [2.24, 2.45) is 0 Å². The van der Waals surface area contributed by atoms with E-state index in [0.29, 0.717) is 18.8 Å². The highest BCUT2D eigenvalue weighted by atomic mass is 79.9.